The Labute approximate surface area is 102 Å². The molecule has 2 aromatic rings. The first-order chi connectivity index (χ1) is 8.25. The van der Waals surface area contributed by atoms with Crippen LogP contribution in [0.25, 0.3) is 0 Å². The van der Waals surface area contributed by atoms with E-state index in [1.807, 2.05) is 49.5 Å². The lowest BCUT2D eigenvalue weighted by atomic mass is 10.0. The standard InChI is InChI=1S/C15H17NO/c1-12-7-8-13(11-16-12)9-10-15(17)14-5-3-2-4-6-14/h2-8,11,15,17H,9-10H2,1H3. The summed E-state index contributed by atoms with van der Waals surface area (Å²) in [5.74, 6) is 0. The third-order valence-corrected chi connectivity index (χ3v) is 2.86. The Balaban J connectivity index is 1.92. The molecule has 2 rings (SSSR count). The summed E-state index contributed by atoms with van der Waals surface area (Å²) in [4.78, 5) is 4.25. The molecule has 0 aliphatic carbocycles. The van der Waals surface area contributed by atoms with Crippen LogP contribution in [0.4, 0.5) is 0 Å². The Bertz CT molecular complexity index is 450. The van der Waals surface area contributed by atoms with Crippen molar-refractivity contribution < 1.29 is 5.11 Å². The van der Waals surface area contributed by atoms with E-state index in [2.05, 4.69) is 11.1 Å². The molecule has 0 aliphatic rings. The number of aromatic nitrogens is 1. The van der Waals surface area contributed by atoms with Crippen LogP contribution in [0.1, 0.15) is 29.3 Å². The maximum atomic E-state index is 10.0. The SMILES string of the molecule is Cc1ccc(CCC(O)c2ccccc2)cn1. The van der Waals surface area contributed by atoms with Gasteiger partial charge in [-0.25, -0.2) is 0 Å². The number of hydrogen-bond acceptors (Lipinski definition) is 2. The number of aryl methyl sites for hydroxylation is 2. The Morgan fingerprint density at radius 3 is 2.53 bits per heavy atom. The predicted molar refractivity (Wildman–Crippen MR) is 68.7 cm³/mol. The van der Waals surface area contributed by atoms with Crippen LogP contribution in [-0.2, 0) is 6.42 Å². The molecule has 17 heavy (non-hydrogen) atoms. The third-order valence-electron chi connectivity index (χ3n) is 2.86. The number of hydrogen-bond donors (Lipinski definition) is 1. The molecule has 0 saturated carbocycles. The van der Waals surface area contributed by atoms with Crippen LogP contribution in [0.5, 0.6) is 0 Å². The van der Waals surface area contributed by atoms with E-state index in [-0.39, 0.29) is 0 Å². The van der Waals surface area contributed by atoms with Crippen molar-refractivity contribution in [2.75, 3.05) is 0 Å². The largest absolute Gasteiger partial charge is 0.388 e. The van der Waals surface area contributed by atoms with Crippen molar-refractivity contribution >= 4 is 0 Å². The number of rotatable bonds is 4. The average Bonchev–Trinajstić information content (AvgIpc) is 2.39. The molecule has 1 N–H and O–H groups in total. The average molecular weight is 227 g/mol. The van der Waals surface area contributed by atoms with Crippen LogP contribution >= 0.6 is 0 Å². The number of nitrogens with zero attached hydrogens (tertiary/aromatic N) is 1. The van der Waals surface area contributed by atoms with Crippen molar-refractivity contribution in [1.82, 2.24) is 4.98 Å². The third kappa shape index (κ3) is 3.40. The van der Waals surface area contributed by atoms with E-state index in [1.54, 1.807) is 0 Å². The number of aliphatic hydroxyl groups excluding tert-OH is 1. The number of aliphatic hydroxyl groups is 1. The quantitative estimate of drug-likeness (QED) is 0.870. The highest BCUT2D eigenvalue weighted by molar-refractivity contribution is 5.18. The second kappa shape index (κ2) is 5.60. The van der Waals surface area contributed by atoms with Crippen molar-refractivity contribution in [3.8, 4) is 0 Å². The van der Waals surface area contributed by atoms with Crippen LogP contribution in [0, 0.1) is 6.92 Å². The highest BCUT2D eigenvalue weighted by atomic mass is 16.3. The van der Waals surface area contributed by atoms with Gasteiger partial charge in [0.05, 0.1) is 6.10 Å². The van der Waals surface area contributed by atoms with Crippen molar-refractivity contribution in [3.05, 3.63) is 65.5 Å². The molecule has 1 aromatic carbocycles. The molecule has 88 valence electrons. The van der Waals surface area contributed by atoms with Gasteiger partial charge in [-0.05, 0) is 37.0 Å². The maximum absolute atomic E-state index is 10.0. The normalized spacial score (nSPS) is 12.4. The van der Waals surface area contributed by atoms with Crippen molar-refractivity contribution in [1.29, 1.82) is 0 Å². The molecule has 0 aliphatic heterocycles. The molecule has 0 fully saturated rings. The van der Waals surface area contributed by atoms with E-state index in [0.717, 1.165) is 24.1 Å². The maximum Gasteiger partial charge on any atom is 0.0793 e. The van der Waals surface area contributed by atoms with Gasteiger partial charge in [-0.1, -0.05) is 36.4 Å². The van der Waals surface area contributed by atoms with Crippen molar-refractivity contribution in [3.63, 3.8) is 0 Å². The first kappa shape index (κ1) is 11.8. The van der Waals surface area contributed by atoms with Gasteiger partial charge in [-0.15, -0.1) is 0 Å². The molecule has 0 spiro atoms. The second-order valence-corrected chi connectivity index (χ2v) is 4.27. The number of benzene rings is 1. The van der Waals surface area contributed by atoms with E-state index in [0.29, 0.717) is 0 Å². The summed E-state index contributed by atoms with van der Waals surface area (Å²) in [6.07, 6.45) is 3.07. The molecule has 2 heteroatoms. The summed E-state index contributed by atoms with van der Waals surface area (Å²) >= 11 is 0. The minimum atomic E-state index is -0.391. The van der Waals surface area contributed by atoms with Gasteiger partial charge in [0.2, 0.25) is 0 Å². The van der Waals surface area contributed by atoms with Gasteiger partial charge in [-0.2, -0.15) is 0 Å². The van der Waals surface area contributed by atoms with E-state index < -0.39 is 6.10 Å². The molecule has 0 bridgehead atoms. The first-order valence-electron chi connectivity index (χ1n) is 5.90. The smallest absolute Gasteiger partial charge is 0.0793 e. The summed E-state index contributed by atoms with van der Waals surface area (Å²) in [6.45, 7) is 1.97. The van der Waals surface area contributed by atoms with Gasteiger partial charge in [-0.3, -0.25) is 4.98 Å². The van der Waals surface area contributed by atoms with Crippen molar-refractivity contribution in [2.24, 2.45) is 0 Å². The van der Waals surface area contributed by atoms with E-state index in [4.69, 9.17) is 0 Å². The zero-order valence-electron chi connectivity index (χ0n) is 10.0. The summed E-state index contributed by atoms with van der Waals surface area (Å²) in [5, 5.41) is 10.0. The molecule has 1 atom stereocenters. The summed E-state index contributed by atoms with van der Waals surface area (Å²) in [5.41, 5.74) is 3.18. The molecule has 0 saturated heterocycles. The summed E-state index contributed by atoms with van der Waals surface area (Å²) in [6, 6.07) is 13.8. The van der Waals surface area contributed by atoms with E-state index in [9.17, 15) is 5.11 Å². The Kier molecular flexibility index (Phi) is 3.89. The van der Waals surface area contributed by atoms with Crippen LogP contribution < -0.4 is 0 Å². The zero-order valence-corrected chi connectivity index (χ0v) is 10.0. The molecular weight excluding hydrogens is 210 g/mol. The minimum absolute atomic E-state index is 0.391. The molecule has 0 amide bonds. The van der Waals surface area contributed by atoms with Gasteiger partial charge in [0.1, 0.15) is 0 Å². The molecule has 1 heterocycles. The monoisotopic (exact) mass is 227 g/mol. The van der Waals surface area contributed by atoms with Crippen LogP contribution in [0.2, 0.25) is 0 Å². The van der Waals surface area contributed by atoms with E-state index >= 15 is 0 Å². The fourth-order valence-electron chi connectivity index (χ4n) is 1.79. The molecular formula is C15H17NO. The molecule has 1 aromatic heterocycles. The van der Waals surface area contributed by atoms with Crippen LogP contribution in [-0.4, -0.2) is 10.1 Å². The lowest BCUT2D eigenvalue weighted by Crippen LogP contribution is -1.99. The summed E-state index contributed by atoms with van der Waals surface area (Å²) in [7, 11) is 0. The van der Waals surface area contributed by atoms with Gasteiger partial charge in [0, 0.05) is 11.9 Å². The van der Waals surface area contributed by atoms with Gasteiger partial charge < -0.3 is 5.11 Å². The molecule has 2 nitrogen and oxygen atoms in total. The lowest BCUT2D eigenvalue weighted by Gasteiger charge is -2.10. The second-order valence-electron chi connectivity index (χ2n) is 4.27. The van der Waals surface area contributed by atoms with Gasteiger partial charge in [0.15, 0.2) is 0 Å². The predicted octanol–water partition coefficient (Wildman–Crippen LogP) is 3.06. The summed E-state index contributed by atoms with van der Waals surface area (Å²) < 4.78 is 0. The van der Waals surface area contributed by atoms with Crippen LogP contribution in [0.3, 0.4) is 0 Å². The Hall–Kier alpha value is -1.67. The van der Waals surface area contributed by atoms with Gasteiger partial charge in [0.25, 0.3) is 0 Å². The Morgan fingerprint density at radius 1 is 1.12 bits per heavy atom. The lowest BCUT2D eigenvalue weighted by molar-refractivity contribution is 0.168. The molecule has 0 radical (unpaired) electrons. The first-order valence-corrected chi connectivity index (χ1v) is 5.90. The minimum Gasteiger partial charge on any atom is -0.388 e. The van der Waals surface area contributed by atoms with E-state index in [1.165, 1.54) is 5.56 Å². The highest BCUT2D eigenvalue weighted by Gasteiger charge is 2.06. The van der Waals surface area contributed by atoms with Gasteiger partial charge >= 0.3 is 0 Å². The zero-order chi connectivity index (χ0) is 12.1. The fourth-order valence-corrected chi connectivity index (χ4v) is 1.79. The topological polar surface area (TPSA) is 33.1 Å². The fraction of sp³-hybridized carbons (Fsp3) is 0.267. The Morgan fingerprint density at radius 2 is 1.88 bits per heavy atom. The molecule has 1 unspecified atom stereocenters. The van der Waals surface area contributed by atoms with Crippen LogP contribution in [0.15, 0.2) is 48.7 Å². The number of pyridine rings is 1. The highest BCUT2D eigenvalue weighted by Crippen LogP contribution is 2.18. The van der Waals surface area contributed by atoms with Crippen molar-refractivity contribution in [2.45, 2.75) is 25.9 Å².